The number of fused-ring (bicyclic) bond motifs is 2. The van der Waals surface area contributed by atoms with Crippen molar-refractivity contribution in [2.45, 2.75) is 69.8 Å². The number of carbonyl (C=O) groups is 1. The van der Waals surface area contributed by atoms with Crippen LogP contribution in [0, 0.1) is 11.7 Å². The number of piperidine rings is 1. The van der Waals surface area contributed by atoms with Gasteiger partial charge < -0.3 is 39.3 Å². The van der Waals surface area contributed by atoms with Gasteiger partial charge in [-0.25, -0.2) is 9.18 Å². The highest BCUT2D eigenvalue weighted by Gasteiger charge is 2.35. The van der Waals surface area contributed by atoms with E-state index in [1.165, 1.54) is 12.1 Å². The lowest BCUT2D eigenvalue weighted by molar-refractivity contribution is -0.0271. The Hall–Kier alpha value is -3.60. The number of rotatable bonds is 8. The van der Waals surface area contributed by atoms with E-state index in [2.05, 4.69) is 22.1 Å². The van der Waals surface area contributed by atoms with Crippen molar-refractivity contribution in [3.63, 3.8) is 0 Å². The van der Waals surface area contributed by atoms with Crippen molar-refractivity contribution in [1.29, 1.82) is 0 Å². The van der Waals surface area contributed by atoms with Gasteiger partial charge in [0.2, 0.25) is 5.88 Å². The topological polar surface area (TPSA) is 120 Å². The third-order valence-corrected chi connectivity index (χ3v) is 8.88. The molecule has 1 saturated carbocycles. The normalized spacial score (nSPS) is 25.1. The van der Waals surface area contributed by atoms with E-state index < -0.39 is 11.7 Å². The molecule has 4 aromatic rings. The standard InChI is InChI=1S/C32H38FN3O6/c1-20-17-36(13-9-27(20)37)14-12-32(39)10-7-23(8-11-32)34-31(38)42-30-16-25-26(35-30)3-2-4-28(25)40-18-21-19-41-29-15-22(33)5-6-24(21)29/h2-6,15-16,19-20,23,27,35,37,39H,7-14,17-18H2,1H3,(H,34,38)/t20-,23?,27-,32?/m0/s1. The van der Waals surface area contributed by atoms with Gasteiger partial charge in [-0.1, -0.05) is 13.0 Å². The Balaban J connectivity index is 0.997. The SMILES string of the molecule is C[C@H]1CN(CCC2(O)CCC(NC(=O)Oc3cc4c(OCc5coc6cc(F)ccc56)cccc4[nH]3)CC2)CC[C@@H]1O. The van der Waals surface area contributed by atoms with E-state index in [9.17, 15) is 19.4 Å². The quantitative estimate of drug-likeness (QED) is 0.218. The first kappa shape index (κ1) is 28.5. The summed E-state index contributed by atoms with van der Waals surface area (Å²) >= 11 is 0. The number of halogens is 1. The molecular formula is C32H38FN3O6. The van der Waals surface area contributed by atoms with Crippen LogP contribution in [-0.2, 0) is 6.61 Å². The maximum atomic E-state index is 13.5. The number of aliphatic hydroxyl groups excluding tert-OH is 1. The highest BCUT2D eigenvalue weighted by Crippen LogP contribution is 2.33. The molecule has 1 aliphatic heterocycles. The van der Waals surface area contributed by atoms with Crippen LogP contribution in [0.15, 0.2) is 53.1 Å². The number of nitrogens with zero attached hydrogens (tertiary/aromatic N) is 1. The molecule has 2 aromatic carbocycles. The second-order valence-electron chi connectivity index (χ2n) is 12.0. The van der Waals surface area contributed by atoms with Crippen molar-refractivity contribution in [3.8, 4) is 11.6 Å². The molecule has 0 unspecified atom stereocenters. The van der Waals surface area contributed by atoms with Crippen LogP contribution in [-0.4, -0.2) is 63.6 Å². The molecule has 0 spiro atoms. The van der Waals surface area contributed by atoms with Crippen LogP contribution in [0.2, 0.25) is 0 Å². The Morgan fingerprint density at radius 3 is 2.83 bits per heavy atom. The van der Waals surface area contributed by atoms with Crippen molar-refractivity contribution in [2.24, 2.45) is 5.92 Å². The molecule has 2 fully saturated rings. The number of aliphatic hydroxyl groups is 2. The minimum absolute atomic E-state index is 0.0653. The lowest BCUT2D eigenvalue weighted by Gasteiger charge is -2.39. The van der Waals surface area contributed by atoms with Gasteiger partial charge in [-0.05, 0) is 68.7 Å². The van der Waals surface area contributed by atoms with E-state index in [0.29, 0.717) is 49.3 Å². The number of benzene rings is 2. The number of carbonyl (C=O) groups excluding carboxylic acids is 1. The molecule has 224 valence electrons. The fourth-order valence-corrected chi connectivity index (χ4v) is 6.24. The summed E-state index contributed by atoms with van der Waals surface area (Å²) in [5.74, 6) is 0.809. The summed E-state index contributed by atoms with van der Waals surface area (Å²) < 4.78 is 30.6. The van der Waals surface area contributed by atoms with Crippen molar-refractivity contribution in [2.75, 3.05) is 19.6 Å². The van der Waals surface area contributed by atoms with Gasteiger partial charge in [0.15, 0.2) is 0 Å². The second kappa shape index (κ2) is 11.9. The number of furan rings is 1. The lowest BCUT2D eigenvalue weighted by Crippen LogP contribution is -2.47. The molecule has 42 heavy (non-hydrogen) atoms. The zero-order valence-corrected chi connectivity index (χ0v) is 23.8. The largest absolute Gasteiger partial charge is 0.488 e. The number of H-pyrrole nitrogens is 1. The third-order valence-electron chi connectivity index (χ3n) is 8.88. The van der Waals surface area contributed by atoms with Crippen LogP contribution < -0.4 is 14.8 Å². The molecule has 0 bridgehead atoms. The van der Waals surface area contributed by atoms with E-state index in [-0.39, 0.29) is 30.5 Å². The van der Waals surface area contributed by atoms with E-state index in [1.807, 2.05) is 18.2 Å². The average Bonchev–Trinajstić information content (AvgIpc) is 3.57. The van der Waals surface area contributed by atoms with Gasteiger partial charge in [0.25, 0.3) is 0 Å². The zero-order valence-electron chi connectivity index (χ0n) is 23.8. The summed E-state index contributed by atoms with van der Waals surface area (Å²) in [6.45, 7) is 4.84. The molecule has 1 amide bonds. The van der Waals surface area contributed by atoms with Gasteiger partial charge in [-0.3, -0.25) is 0 Å². The Labute approximate surface area is 243 Å². The summed E-state index contributed by atoms with van der Waals surface area (Å²) in [5.41, 5.74) is 1.29. The van der Waals surface area contributed by atoms with Gasteiger partial charge in [-0.15, -0.1) is 0 Å². The van der Waals surface area contributed by atoms with Crippen LogP contribution in [0.3, 0.4) is 0 Å². The number of aromatic nitrogens is 1. The fourth-order valence-electron chi connectivity index (χ4n) is 6.24. The number of likely N-dealkylation sites (tertiary alicyclic amines) is 1. The molecule has 1 aliphatic carbocycles. The van der Waals surface area contributed by atoms with Crippen molar-refractivity contribution < 1.29 is 33.3 Å². The van der Waals surface area contributed by atoms with E-state index in [0.717, 1.165) is 47.9 Å². The van der Waals surface area contributed by atoms with Gasteiger partial charge in [0.1, 0.15) is 23.8 Å². The number of amides is 1. The van der Waals surface area contributed by atoms with E-state index >= 15 is 0 Å². The first-order valence-corrected chi connectivity index (χ1v) is 14.8. The fraction of sp³-hybridized carbons (Fsp3) is 0.469. The summed E-state index contributed by atoms with van der Waals surface area (Å²) in [7, 11) is 0. The van der Waals surface area contributed by atoms with Crippen LogP contribution >= 0.6 is 0 Å². The molecule has 4 N–H and O–H groups in total. The molecule has 0 radical (unpaired) electrons. The molecule has 3 heterocycles. The monoisotopic (exact) mass is 579 g/mol. The number of hydrogen-bond donors (Lipinski definition) is 4. The van der Waals surface area contributed by atoms with Gasteiger partial charge in [-0.2, -0.15) is 0 Å². The number of hydrogen-bond acceptors (Lipinski definition) is 7. The van der Waals surface area contributed by atoms with Crippen molar-refractivity contribution in [3.05, 3.63) is 60.1 Å². The molecule has 9 nitrogen and oxygen atoms in total. The number of aromatic amines is 1. The smallest absolute Gasteiger partial charge is 0.414 e. The first-order valence-electron chi connectivity index (χ1n) is 14.8. The maximum absolute atomic E-state index is 13.5. The second-order valence-corrected chi connectivity index (χ2v) is 12.0. The molecule has 2 atom stereocenters. The van der Waals surface area contributed by atoms with Gasteiger partial charge in [0.05, 0.1) is 23.5 Å². The summed E-state index contributed by atoms with van der Waals surface area (Å²) in [6.07, 6.45) is 4.88. The van der Waals surface area contributed by atoms with Crippen LogP contribution in [0.4, 0.5) is 9.18 Å². The Morgan fingerprint density at radius 1 is 1.19 bits per heavy atom. The Bertz CT molecular complexity index is 1540. The van der Waals surface area contributed by atoms with Crippen molar-refractivity contribution in [1.82, 2.24) is 15.2 Å². The van der Waals surface area contributed by atoms with Gasteiger partial charge in [0, 0.05) is 54.1 Å². The van der Waals surface area contributed by atoms with Crippen molar-refractivity contribution >= 4 is 28.0 Å². The van der Waals surface area contributed by atoms with E-state index in [4.69, 9.17) is 13.9 Å². The Kier molecular flexibility index (Phi) is 8.11. The first-order chi connectivity index (χ1) is 20.2. The minimum atomic E-state index is -0.728. The molecule has 2 aliphatic rings. The highest BCUT2D eigenvalue weighted by atomic mass is 19.1. The lowest BCUT2D eigenvalue weighted by atomic mass is 9.80. The summed E-state index contributed by atoms with van der Waals surface area (Å²) in [4.78, 5) is 18.2. The average molecular weight is 580 g/mol. The van der Waals surface area contributed by atoms with Crippen LogP contribution in [0.5, 0.6) is 11.6 Å². The third kappa shape index (κ3) is 6.40. The predicted molar refractivity (Wildman–Crippen MR) is 156 cm³/mol. The van der Waals surface area contributed by atoms with Gasteiger partial charge >= 0.3 is 6.09 Å². The highest BCUT2D eigenvalue weighted by molar-refractivity contribution is 5.88. The number of ether oxygens (including phenoxy) is 2. The molecule has 2 aromatic heterocycles. The molecule has 1 saturated heterocycles. The zero-order chi connectivity index (χ0) is 29.3. The number of nitrogens with one attached hydrogen (secondary N) is 2. The maximum Gasteiger partial charge on any atom is 0.414 e. The predicted octanol–water partition coefficient (Wildman–Crippen LogP) is 5.49. The Morgan fingerprint density at radius 2 is 2.02 bits per heavy atom. The van der Waals surface area contributed by atoms with Crippen LogP contribution in [0.25, 0.3) is 21.9 Å². The van der Waals surface area contributed by atoms with Crippen LogP contribution in [0.1, 0.15) is 51.0 Å². The molecule has 6 rings (SSSR count). The minimum Gasteiger partial charge on any atom is -0.488 e. The summed E-state index contributed by atoms with van der Waals surface area (Å²) in [6, 6.07) is 11.6. The van der Waals surface area contributed by atoms with E-state index in [1.54, 1.807) is 18.4 Å². The summed E-state index contributed by atoms with van der Waals surface area (Å²) in [5, 5.41) is 25.6. The molecule has 10 heteroatoms. The molecular weight excluding hydrogens is 541 g/mol.